The maximum atomic E-state index is 11.0. The summed E-state index contributed by atoms with van der Waals surface area (Å²) in [6.45, 7) is 1.97. The van der Waals surface area contributed by atoms with Gasteiger partial charge in [0.2, 0.25) is 0 Å². The van der Waals surface area contributed by atoms with Crippen molar-refractivity contribution in [1.82, 2.24) is 4.98 Å². The SMILES string of the molecule is CC1CC(=O)O/C1=C/c1ccccn1. The molecule has 0 spiro atoms. The molecule has 1 aliphatic rings. The maximum absolute atomic E-state index is 11.0. The van der Waals surface area contributed by atoms with E-state index in [0.29, 0.717) is 12.2 Å². The summed E-state index contributed by atoms with van der Waals surface area (Å²) in [6, 6.07) is 5.64. The lowest BCUT2D eigenvalue weighted by molar-refractivity contribution is -0.135. The van der Waals surface area contributed by atoms with E-state index in [1.807, 2.05) is 31.2 Å². The molecule has 1 unspecified atom stereocenters. The molecule has 0 saturated carbocycles. The zero-order chi connectivity index (χ0) is 9.97. The molecule has 0 aromatic carbocycles. The van der Waals surface area contributed by atoms with Crippen LogP contribution in [0.1, 0.15) is 19.0 Å². The van der Waals surface area contributed by atoms with E-state index in [-0.39, 0.29) is 11.9 Å². The van der Waals surface area contributed by atoms with Crippen LogP contribution in [0.15, 0.2) is 30.2 Å². The largest absolute Gasteiger partial charge is 0.431 e. The molecule has 0 bridgehead atoms. The summed E-state index contributed by atoms with van der Waals surface area (Å²) in [5, 5.41) is 0. The van der Waals surface area contributed by atoms with Gasteiger partial charge in [-0.15, -0.1) is 0 Å². The standard InChI is InChI=1S/C11H11NO2/c1-8-6-11(13)14-10(8)7-9-4-2-3-5-12-9/h2-5,7-8H,6H2,1H3/b10-7+. The van der Waals surface area contributed by atoms with Gasteiger partial charge in [-0.3, -0.25) is 9.78 Å². The molecule has 1 aliphatic heterocycles. The van der Waals surface area contributed by atoms with E-state index in [1.165, 1.54) is 0 Å². The van der Waals surface area contributed by atoms with Gasteiger partial charge in [-0.2, -0.15) is 0 Å². The minimum Gasteiger partial charge on any atom is -0.431 e. The van der Waals surface area contributed by atoms with Gasteiger partial charge in [-0.25, -0.2) is 0 Å². The fraction of sp³-hybridized carbons (Fsp3) is 0.273. The first kappa shape index (κ1) is 8.94. The number of esters is 1. The molecule has 1 atom stereocenters. The Bertz CT molecular complexity index is 370. The van der Waals surface area contributed by atoms with Crippen molar-refractivity contribution in [3.8, 4) is 0 Å². The van der Waals surface area contributed by atoms with Crippen molar-refractivity contribution >= 4 is 12.0 Å². The number of cyclic esters (lactones) is 1. The number of allylic oxidation sites excluding steroid dienone is 1. The van der Waals surface area contributed by atoms with Crippen LogP contribution in [0.4, 0.5) is 0 Å². The second-order valence-corrected chi connectivity index (χ2v) is 3.38. The van der Waals surface area contributed by atoms with Crippen LogP contribution < -0.4 is 0 Å². The van der Waals surface area contributed by atoms with Crippen molar-refractivity contribution in [3.05, 3.63) is 35.8 Å². The molecule has 0 amide bonds. The van der Waals surface area contributed by atoms with Crippen molar-refractivity contribution in [3.63, 3.8) is 0 Å². The molecule has 0 radical (unpaired) electrons. The normalized spacial score (nSPS) is 23.9. The van der Waals surface area contributed by atoms with Gasteiger partial charge in [0.25, 0.3) is 0 Å². The first-order chi connectivity index (χ1) is 6.75. The molecule has 72 valence electrons. The van der Waals surface area contributed by atoms with Gasteiger partial charge in [-0.05, 0) is 12.1 Å². The third kappa shape index (κ3) is 1.82. The zero-order valence-corrected chi connectivity index (χ0v) is 7.93. The third-order valence-electron chi connectivity index (χ3n) is 2.17. The average Bonchev–Trinajstić information content (AvgIpc) is 2.47. The first-order valence-electron chi connectivity index (χ1n) is 4.59. The lowest BCUT2D eigenvalue weighted by Crippen LogP contribution is -1.90. The number of carbonyl (C=O) groups excluding carboxylic acids is 1. The molecule has 0 aliphatic carbocycles. The average molecular weight is 189 g/mol. The van der Waals surface area contributed by atoms with E-state index >= 15 is 0 Å². The number of nitrogens with zero attached hydrogens (tertiary/aromatic N) is 1. The molecule has 0 N–H and O–H groups in total. The van der Waals surface area contributed by atoms with Crippen LogP contribution in [0, 0.1) is 5.92 Å². The van der Waals surface area contributed by atoms with Crippen LogP contribution in [-0.2, 0) is 9.53 Å². The molecular formula is C11H11NO2. The van der Waals surface area contributed by atoms with E-state index in [2.05, 4.69) is 4.98 Å². The Labute approximate surface area is 82.4 Å². The minimum absolute atomic E-state index is 0.153. The van der Waals surface area contributed by atoms with Gasteiger partial charge in [0, 0.05) is 18.2 Å². The fourth-order valence-corrected chi connectivity index (χ4v) is 1.40. The van der Waals surface area contributed by atoms with Crippen LogP contribution in [0.25, 0.3) is 6.08 Å². The van der Waals surface area contributed by atoms with Crippen molar-refractivity contribution in [2.75, 3.05) is 0 Å². The summed E-state index contributed by atoms with van der Waals surface area (Å²) in [4.78, 5) is 15.1. The monoisotopic (exact) mass is 189 g/mol. The van der Waals surface area contributed by atoms with Crippen molar-refractivity contribution in [2.24, 2.45) is 5.92 Å². The van der Waals surface area contributed by atoms with Gasteiger partial charge in [0.15, 0.2) is 0 Å². The van der Waals surface area contributed by atoms with Crippen molar-refractivity contribution < 1.29 is 9.53 Å². The Kier molecular flexibility index (Phi) is 2.31. The van der Waals surface area contributed by atoms with Gasteiger partial charge >= 0.3 is 5.97 Å². The number of hydrogen-bond acceptors (Lipinski definition) is 3. The molecule has 3 nitrogen and oxygen atoms in total. The molecule has 1 fully saturated rings. The topological polar surface area (TPSA) is 39.2 Å². The first-order valence-corrected chi connectivity index (χ1v) is 4.59. The minimum atomic E-state index is -0.153. The second-order valence-electron chi connectivity index (χ2n) is 3.38. The Morgan fingerprint density at radius 1 is 1.57 bits per heavy atom. The van der Waals surface area contributed by atoms with E-state index in [9.17, 15) is 4.79 Å². The van der Waals surface area contributed by atoms with Crippen LogP contribution in [0.2, 0.25) is 0 Å². The molecule has 3 heteroatoms. The van der Waals surface area contributed by atoms with Gasteiger partial charge in [0.05, 0.1) is 12.1 Å². The number of aromatic nitrogens is 1. The van der Waals surface area contributed by atoms with E-state index in [4.69, 9.17) is 4.74 Å². The molecule has 2 rings (SSSR count). The highest BCUT2D eigenvalue weighted by molar-refractivity contribution is 5.75. The predicted molar refractivity (Wildman–Crippen MR) is 52.1 cm³/mol. The Hall–Kier alpha value is -1.64. The molecule has 1 aromatic heterocycles. The van der Waals surface area contributed by atoms with Gasteiger partial charge < -0.3 is 4.74 Å². The lowest BCUT2D eigenvalue weighted by atomic mass is 10.1. The molecule has 2 heterocycles. The summed E-state index contributed by atoms with van der Waals surface area (Å²) in [7, 11) is 0. The summed E-state index contributed by atoms with van der Waals surface area (Å²) >= 11 is 0. The summed E-state index contributed by atoms with van der Waals surface area (Å²) in [5.41, 5.74) is 0.823. The maximum Gasteiger partial charge on any atom is 0.311 e. The van der Waals surface area contributed by atoms with Crippen LogP contribution >= 0.6 is 0 Å². The van der Waals surface area contributed by atoms with Gasteiger partial charge in [-0.1, -0.05) is 13.0 Å². The summed E-state index contributed by atoms with van der Waals surface area (Å²) < 4.78 is 5.06. The quantitative estimate of drug-likeness (QED) is 0.634. The Balaban J connectivity index is 2.23. The van der Waals surface area contributed by atoms with Crippen LogP contribution in [-0.4, -0.2) is 11.0 Å². The predicted octanol–water partition coefficient (Wildman–Crippen LogP) is 2.01. The highest BCUT2D eigenvalue weighted by Crippen LogP contribution is 2.26. The molecule has 14 heavy (non-hydrogen) atoms. The number of carbonyl (C=O) groups is 1. The number of pyridine rings is 1. The molecule has 1 aromatic rings. The zero-order valence-electron chi connectivity index (χ0n) is 7.93. The lowest BCUT2D eigenvalue weighted by Gasteiger charge is -2.00. The second kappa shape index (κ2) is 3.62. The number of hydrogen-bond donors (Lipinski definition) is 0. The van der Waals surface area contributed by atoms with Crippen molar-refractivity contribution in [2.45, 2.75) is 13.3 Å². The summed E-state index contributed by atoms with van der Waals surface area (Å²) in [6.07, 6.45) is 4.00. The van der Waals surface area contributed by atoms with E-state index in [1.54, 1.807) is 6.20 Å². The fourth-order valence-electron chi connectivity index (χ4n) is 1.40. The molecular weight excluding hydrogens is 178 g/mol. The van der Waals surface area contributed by atoms with Crippen LogP contribution in [0.5, 0.6) is 0 Å². The van der Waals surface area contributed by atoms with Crippen molar-refractivity contribution in [1.29, 1.82) is 0 Å². The van der Waals surface area contributed by atoms with E-state index < -0.39 is 0 Å². The highest BCUT2D eigenvalue weighted by atomic mass is 16.5. The number of rotatable bonds is 1. The van der Waals surface area contributed by atoms with Gasteiger partial charge in [0.1, 0.15) is 5.76 Å². The van der Waals surface area contributed by atoms with Crippen LogP contribution in [0.3, 0.4) is 0 Å². The Morgan fingerprint density at radius 3 is 3.00 bits per heavy atom. The number of ether oxygens (including phenoxy) is 1. The smallest absolute Gasteiger partial charge is 0.311 e. The molecule has 1 saturated heterocycles. The highest BCUT2D eigenvalue weighted by Gasteiger charge is 2.25. The Morgan fingerprint density at radius 2 is 2.43 bits per heavy atom. The third-order valence-corrected chi connectivity index (χ3v) is 2.17. The van der Waals surface area contributed by atoms with E-state index in [0.717, 1.165) is 5.69 Å². The summed E-state index contributed by atoms with van der Waals surface area (Å²) in [5.74, 6) is 0.734.